The number of rotatable bonds is 11. The van der Waals surface area contributed by atoms with E-state index in [0.29, 0.717) is 19.7 Å². The van der Waals surface area contributed by atoms with E-state index in [9.17, 15) is 4.39 Å². The van der Waals surface area contributed by atoms with Gasteiger partial charge in [-0.1, -0.05) is 18.2 Å². The van der Waals surface area contributed by atoms with E-state index in [4.69, 9.17) is 4.74 Å². The second-order valence-electron chi connectivity index (χ2n) is 6.51. The van der Waals surface area contributed by atoms with Crippen LogP contribution >= 0.6 is 11.8 Å². The van der Waals surface area contributed by atoms with Crippen LogP contribution in [0.5, 0.6) is 0 Å². The first-order valence-corrected chi connectivity index (χ1v) is 11.2. The molecule has 0 atom stereocenters. The number of anilines is 1. The van der Waals surface area contributed by atoms with Crippen molar-refractivity contribution in [2.24, 2.45) is 4.99 Å². The Morgan fingerprint density at radius 1 is 1.10 bits per heavy atom. The Kier molecular flexibility index (Phi) is 10.4. The zero-order chi connectivity index (χ0) is 20.9. The lowest BCUT2D eigenvalue weighted by Crippen LogP contribution is -2.37. The quantitative estimate of drug-likeness (QED) is 0.293. The standard InChI is InChI=1S/C22H31FN4OS/c1-4-24-22(27-15-18-7-8-20(23)13-19(18)16-29-3)26-14-17-5-9-21(10-6-17)25-11-12-28-2/h5-10,13,25H,4,11-12,14-16H2,1-3H3,(H2,24,26,27). The molecule has 0 aliphatic heterocycles. The Hall–Kier alpha value is -2.25. The van der Waals surface area contributed by atoms with Crippen LogP contribution in [0.3, 0.4) is 0 Å². The highest BCUT2D eigenvalue weighted by molar-refractivity contribution is 7.97. The number of aliphatic imine (C=N–C) groups is 1. The molecule has 0 aliphatic rings. The molecule has 0 fully saturated rings. The second-order valence-corrected chi connectivity index (χ2v) is 7.38. The van der Waals surface area contributed by atoms with Gasteiger partial charge < -0.3 is 20.7 Å². The minimum Gasteiger partial charge on any atom is -0.383 e. The van der Waals surface area contributed by atoms with Crippen molar-refractivity contribution < 1.29 is 9.13 Å². The molecule has 2 aromatic carbocycles. The maximum Gasteiger partial charge on any atom is 0.191 e. The number of guanidine groups is 1. The molecule has 29 heavy (non-hydrogen) atoms. The summed E-state index contributed by atoms with van der Waals surface area (Å²) in [7, 11) is 1.69. The maximum absolute atomic E-state index is 13.5. The molecule has 2 aromatic rings. The lowest BCUT2D eigenvalue weighted by Gasteiger charge is -2.14. The van der Waals surface area contributed by atoms with Crippen LogP contribution in [0.1, 0.15) is 23.6 Å². The Morgan fingerprint density at radius 3 is 2.59 bits per heavy atom. The summed E-state index contributed by atoms with van der Waals surface area (Å²) in [6, 6.07) is 13.2. The highest BCUT2D eigenvalue weighted by Crippen LogP contribution is 2.16. The van der Waals surface area contributed by atoms with Crippen LogP contribution in [0.25, 0.3) is 0 Å². The van der Waals surface area contributed by atoms with Crippen molar-refractivity contribution in [1.82, 2.24) is 10.6 Å². The normalized spacial score (nSPS) is 11.4. The number of thioether (sulfide) groups is 1. The number of hydrogen-bond donors (Lipinski definition) is 3. The first kappa shape index (κ1) is 23.0. The fraction of sp³-hybridized carbons (Fsp3) is 0.409. The third kappa shape index (κ3) is 8.33. The van der Waals surface area contributed by atoms with Crippen LogP contribution in [0.4, 0.5) is 10.1 Å². The number of nitrogens with zero attached hydrogens (tertiary/aromatic N) is 1. The van der Waals surface area contributed by atoms with E-state index in [0.717, 1.165) is 47.2 Å². The van der Waals surface area contributed by atoms with Gasteiger partial charge in [0.2, 0.25) is 0 Å². The molecule has 2 rings (SSSR count). The summed E-state index contributed by atoms with van der Waals surface area (Å²) >= 11 is 1.68. The van der Waals surface area contributed by atoms with Crippen LogP contribution < -0.4 is 16.0 Å². The van der Waals surface area contributed by atoms with Crippen molar-refractivity contribution in [2.75, 3.05) is 38.4 Å². The molecule has 0 spiro atoms. The topological polar surface area (TPSA) is 57.7 Å². The van der Waals surface area contributed by atoms with E-state index >= 15 is 0 Å². The molecule has 5 nitrogen and oxygen atoms in total. The minimum atomic E-state index is -0.196. The summed E-state index contributed by atoms with van der Waals surface area (Å²) in [5.41, 5.74) is 4.29. The summed E-state index contributed by atoms with van der Waals surface area (Å²) < 4.78 is 18.6. The van der Waals surface area contributed by atoms with Gasteiger partial charge in [-0.05, 0) is 54.1 Å². The molecule has 0 aromatic heterocycles. The third-order valence-corrected chi connectivity index (χ3v) is 4.87. The van der Waals surface area contributed by atoms with E-state index in [1.165, 1.54) is 6.07 Å². The van der Waals surface area contributed by atoms with Gasteiger partial charge in [0.05, 0.1) is 13.2 Å². The van der Waals surface area contributed by atoms with Crippen LogP contribution in [0.2, 0.25) is 0 Å². The molecule has 0 radical (unpaired) electrons. The lowest BCUT2D eigenvalue weighted by atomic mass is 10.1. The minimum absolute atomic E-state index is 0.196. The highest BCUT2D eigenvalue weighted by atomic mass is 32.2. The van der Waals surface area contributed by atoms with E-state index in [1.807, 2.05) is 31.4 Å². The fourth-order valence-electron chi connectivity index (χ4n) is 2.77. The number of methoxy groups -OCH3 is 1. The number of nitrogens with one attached hydrogen (secondary N) is 3. The highest BCUT2D eigenvalue weighted by Gasteiger charge is 2.06. The third-order valence-electron chi connectivity index (χ3n) is 4.27. The molecule has 158 valence electrons. The maximum atomic E-state index is 13.5. The number of hydrogen-bond acceptors (Lipinski definition) is 4. The van der Waals surface area contributed by atoms with Gasteiger partial charge in [0.1, 0.15) is 5.82 Å². The van der Waals surface area contributed by atoms with E-state index in [1.54, 1.807) is 24.9 Å². The molecule has 0 saturated heterocycles. The first-order valence-electron chi connectivity index (χ1n) is 9.76. The predicted molar refractivity (Wildman–Crippen MR) is 122 cm³/mol. The van der Waals surface area contributed by atoms with Gasteiger partial charge in [-0.15, -0.1) is 0 Å². The molecule has 0 aliphatic carbocycles. The van der Waals surface area contributed by atoms with Crippen molar-refractivity contribution in [3.8, 4) is 0 Å². The van der Waals surface area contributed by atoms with Crippen LogP contribution in [0.15, 0.2) is 47.5 Å². The Morgan fingerprint density at radius 2 is 1.90 bits per heavy atom. The van der Waals surface area contributed by atoms with E-state index in [-0.39, 0.29) is 5.82 Å². The van der Waals surface area contributed by atoms with Crippen LogP contribution in [-0.2, 0) is 23.6 Å². The van der Waals surface area contributed by atoms with Gasteiger partial charge in [-0.2, -0.15) is 11.8 Å². The summed E-state index contributed by atoms with van der Waals surface area (Å²) in [5, 5.41) is 9.92. The number of benzene rings is 2. The molecule has 0 saturated carbocycles. The number of ether oxygens (including phenoxy) is 1. The van der Waals surface area contributed by atoms with E-state index in [2.05, 4.69) is 33.1 Å². The van der Waals surface area contributed by atoms with Crippen molar-refractivity contribution in [3.05, 3.63) is 65.0 Å². The average Bonchev–Trinajstić information content (AvgIpc) is 2.72. The smallest absolute Gasteiger partial charge is 0.191 e. The van der Waals surface area contributed by atoms with Crippen molar-refractivity contribution in [1.29, 1.82) is 0 Å². The van der Waals surface area contributed by atoms with Crippen LogP contribution in [0, 0.1) is 5.82 Å². The molecule has 0 amide bonds. The molecule has 7 heteroatoms. The molecule has 0 unspecified atom stereocenters. The monoisotopic (exact) mass is 418 g/mol. The van der Waals surface area contributed by atoms with Gasteiger partial charge in [0.25, 0.3) is 0 Å². The zero-order valence-corrected chi connectivity index (χ0v) is 18.2. The summed E-state index contributed by atoms with van der Waals surface area (Å²) in [4.78, 5) is 4.67. The Balaban J connectivity index is 1.96. The van der Waals surface area contributed by atoms with Gasteiger partial charge in [-0.25, -0.2) is 9.38 Å². The van der Waals surface area contributed by atoms with Gasteiger partial charge in [-0.3, -0.25) is 0 Å². The Bertz CT molecular complexity index is 768. The van der Waals surface area contributed by atoms with E-state index < -0.39 is 0 Å². The summed E-state index contributed by atoms with van der Waals surface area (Å²) in [6.07, 6.45) is 2.02. The number of halogens is 1. The predicted octanol–water partition coefficient (Wildman–Crippen LogP) is 4.00. The Labute approximate surface area is 177 Å². The summed E-state index contributed by atoms with van der Waals surface area (Å²) in [5.74, 6) is 1.33. The van der Waals surface area contributed by atoms with Gasteiger partial charge >= 0.3 is 0 Å². The zero-order valence-electron chi connectivity index (χ0n) is 17.4. The molecular formula is C22H31FN4OS. The molecule has 0 heterocycles. The van der Waals surface area contributed by atoms with Crippen molar-refractivity contribution >= 4 is 23.4 Å². The van der Waals surface area contributed by atoms with Gasteiger partial charge in [0, 0.05) is 38.2 Å². The largest absolute Gasteiger partial charge is 0.383 e. The fourth-order valence-corrected chi connectivity index (χ4v) is 3.35. The molecule has 0 bridgehead atoms. The second kappa shape index (κ2) is 13.1. The first-order chi connectivity index (χ1) is 14.2. The summed E-state index contributed by atoms with van der Waals surface area (Å²) in [6.45, 7) is 5.45. The average molecular weight is 419 g/mol. The molecular weight excluding hydrogens is 387 g/mol. The van der Waals surface area contributed by atoms with Crippen molar-refractivity contribution in [3.63, 3.8) is 0 Å². The lowest BCUT2D eigenvalue weighted by molar-refractivity contribution is 0.211. The van der Waals surface area contributed by atoms with Crippen molar-refractivity contribution in [2.45, 2.75) is 25.8 Å². The van der Waals surface area contributed by atoms with Crippen LogP contribution in [-0.4, -0.2) is 39.0 Å². The molecule has 3 N–H and O–H groups in total. The van der Waals surface area contributed by atoms with Gasteiger partial charge in [0.15, 0.2) is 5.96 Å². The SMILES string of the molecule is CCNC(=NCc1ccc(NCCOC)cc1)NCc1ccc(F)cc1CSC.